The molecule has 0 amide bonds. The third kappa shape index (κ3) is 17.8. The SMILES string of the molecule is CCCCCCCCCCCCCCNc1ccc(OC(=O)c2ccc(OCCCCCCCCCC)cc2)c(=O)cc1. The van der Waals surface area contributed by atoms with Crippen molar-refractivity contribution in [3.05, 3.63) is 64.3 Å². The van der Waals surface area contributed by atoms with E-state index in [2.05, 4.69) is 19.2 Å². The van der Waals surface area contributed by atoms with E-state index in [1.807, 2.05) is 0 Å². The summed E-state index contributed by atoms with van der Waals surface area (Å²) < 4.78 is 11.3. The summed E-state index contributed by atoms with van der Waals surface area (Å²) >= 11 is 0. The molecule has 0 unspecified atom stereocenters. The van der Waals surface area contributed by atoms with Gasteiger partial charge in [0, 0.05) is 12.2 Å². The van der Waals surface area contributed by atoms with Gasteiger partial charge in [0.2, 0.25) is 5.43 Å². The Morgan fingerprint density at radius 2 is 1.07 bits per heavy atom. The van der Waals surface area contributed by atoms with Gasteiger partial charge in [-0.15, -0.1) is 0 Å². The Hall–Kier alpha value is -2.82. The summed E-state index contributed by atoms with van der Waals surface area (Å²) in [5.41, 5.74) is 0.910. The number of nitrogens with one attached hydrogen (secondary N) is 1. The molecule has 0 aliphatic heterocycles. The summed E-state index contributed by atoms with van der Waals surface area (Å²) in [6.07, 6.45) is 26.0. The summed E-state index contributed by atoms with van der Waals surface area (Å²) in [6.45, 7) is 6.04. The highest BCUT2D eigenvalue weighted by molar-refractivity contribution is 5.91. The monoisotopic (exact) mass is 593 g/mol. The molecule has 0 saturated heterocycles. The topological polar surface area (TPSA) is 64.6 Å². The number of unbranched alkanes of at least 4 members (excludes halogenated alkanes) is 18. The summed E-state index contributed by atoms with van der Waals surface area (Å²) in [5, 5.41) is 3.39. The number of rotatable bonds is 26. The van der Waals surface area contributed by atoms with Crippen molar-refractivity contribution in [2.45, 2.75) is 142 Å². The molecule has 0 aromatic heterocycles. The minimum Gasteiger partial charge on any atom is -0.494 e. The van der Waals surface area contributed by atoms with E-state index < -0.39 is 5.97 Å². The smallest absolute Gasteiger partial charge is 0.343 e. The summed E-state index contributed by atoms with van der Waals surface area (Å²) in [7, 11) is 0. The Balaban J connectivity index is 1.62. The number of carbonyl (C=O) groups is 1. The number of anilines is 1. The molecular formula is C38H59NO4. The third-order valence-corrected chi connectivity index (χ3v) is 7.99. The van der Waals surface area contributed by atoms with Crippen molar-refractivity contribution in [2.75, 3.05) is 18.5 Å². The van der Waals surface area contributed by atoms with Gasteiger partial charge in [0.1, 0.15) is 5.75 Å². The van der Waals surface area contributed by atoms with Gasteiger partial charge in [-0.3, -0.25) is 4.79 Å². The number of esters is 1. The van der Waals surface area contributed by atoms with Crippen molar-refractivity contribution in [1.29, 1.82) is 0 Å². The second-order valence-electron chi connectivity index (χ2n) is 11.9. The Kier molecular flexibility index (Phi) is 20.8. The predicted molar refractivity (Wildman–Crippen MR) is 182 cm³/mol. The van der Waals surface area contributed by atoms with Crippen LogP contribution < -0.4 is 20.2 Å². The van der Waals surface area contributed by atoms with E-state index in [1.165, 1.54) is 122 Å². The highest BCUT2D eigenvalue weighted by Crippen LogP contribution is 2.17. The van der Waals surface area contributed by atoms with Crippen molar-refractivity contribution < 1.29 is 14.3 Å². The molecule has 0 spiro atoms. The lowest BCUT2D eigenvalue weighted by Gasteiger charge is -2.07. The van der Waals surface area contributed by atoms with Crippen molar-refractivity contribution in [3.63, 3.8) is 0 Å². The van der Waals surface area contributed by atoms with Crippen LogP contribution >= 0.6 is 0 Å². The summed E-state index contributed by atoms with van der Waals surface area (Å²) in [6, 6.07) is 13.5. The van der Waals surface area contributed by atoms with E-state index >= 15 is 0 Å². The quantitative estimate of drug-likeness (QED) is 0.0868. The summed E-state index contributed by atoms with van der Waals surface area (Å²) in [4.78, 5) is 25.2. The van der Waals surface area contributed by atoms with Gasteiger partial charge >= 0.3 is 5.97 Å². The van der Waals surface area contributed by atoms with E-state index in [0.29, 0.717) is 12.2 Å². The molecule has 5 heteroatoms. The van der Waals surface area contributed by atoms with Crippen LogP contribution in [0.15, 0.2) is 53.3 Å². The molecule has 0 aliphatic carbocycles. The van der Waals surface area contributed by atoms with Gasteiger partial charge in [-0.2, -0.15) is 0 Å². The van der Waals surface area contributed by atoms with Crippen molar-refractivity contribution >= 4 is 11.7 Å². The van der Waals surface area contributed by atoms with E-state index in [4.69, 9.17) is 9.47 Å². The van der Waals surface area contributed by atoms with E-state index in [1.54, 1.807) is 42.5 Å². The minimum absolute atomic E-state index is 0.0263. The molecular weight excluding hydrogens is 534 g/mol. The second-order valence-corrected chi connectivity index (χ2v) is 11.9. The lowest BCUT2D eigenvalue weighted by Crippen LogP contribution is -2.13. The number of ether oxygens (including phenoxy) is 2. The van der Waals surface area contributed by atoms with E-state index in [9.17, 15) is 9.59 Å². The maximum atomic E-state index is 12.7. The van der Waals surface area contributed by atoms with Gasteiger partial charge in [-0.05, 0) is 61.4 Å². The molecule has 0 heterocycles. The maximum absolute atomic E-state index is 12.7. The number of carbonyl (C=O) groups excluding carboxylic acids is 1. The Bertz CT molecular complexity index is 1040. The minimum atomic E-state index is -0.552. The molecule has 0 fully saturated rings. The average Bonchev–Trinajstić information content (AvgIpc) is 3.19. The van der Waals surface area contributed by atoms with Crippen LogP contribution in [0.25, 0.3) is 0 Å². The van der Waals surface area contributed by atoms with Crippen LogP contribution in [0.3, 0.4) is 0 Å². The number of benzene rings is 1. The van der Waals surface area contributed by atoms with Crippen molar-refractivity contribution in [2.24, 2.45) is 0 Å². The molecule has 43 heavy (non-hydrogen) atoms. The van der Waals surface area contributed by atoms with Crippen LogP contribution in [0.2, 0.25) is 0 Å². The zero-order valence-corrected chi connectivity index (χ0v) is 27.3. The zero-order valence-electron chi connectivity index (χ0n) is 27.3. The van der Waals surface area contributed by atoms with Crippen LogP contribution in [0, 0.1) is 0 Å². The molecule has 0 radical (unpaired) electrons. The summed E-state index contributed by atoms with van der Waals surface area (Å²) in [5.74, 6) is 0.210. The average molecular weight is 594 g/mol. The first-order chi connectivity index (χ1) is 21.1. The highest BCUT2D eigenvalue weighted by atomic mass is 16.5. The van der Waals surface area contributed by atoms with Gasteiger partial charge in [-0.25, -0.2) is 4.79 Å². The fraction of sp³-hybridized carbons (Fsp3) is 0.632. The lowest BCUT2D eigenvalue weighted by atomic mass is 10.1. The first kappa shape index (κ1) is 36.4. The Morgan fingerprint density at radius 3 is 1.63 bits per heavy atom. The van der Waals surface area contributed by atoms with Gasteiger partial charge < -0.3 is 14.8 Å². The third-order valence-electron chi connectivity index (χ3n) is 7.99. The Labute approximate surface area is 262 Å². The Morgan fingerprint density at radius 1 is 0.581 bits per heavy atom. The molecule has 1 N–H and O–H groups in total. The van der Waals surface area contributed by atoms with E-state index in [0.717, 1.165) is 30.8 Å². The molecule has 2 aromatic carbocycles. The molecule has 240 valence electrons. The normalized spacial score (nSPS) is 10.9. The molecule has 0 aliphatic rings. The van der Waals surface area contributed by atoms with E-state index in [-0.39, 0.29) is 11.2 Å². The fourth-order valence-corrected chi connectivity index (χ4v) is 5.22. The highest BCUT2D eigenvalue weighted by Gasteiger charge is 2.11. The molecule has 0 saturated carbocycles. The first-order valence-electron chi connectivity index (χ1n) is 17.5. The fourth-order valence-electron chi connectivity index (χ4n) is 5.22. The van der Waals surface area contributed by atoms with Gasteiger partial charge in [0.15, 0.2) is 5.75 Å². The lowest BCUT2D eigenvalue weighted by molar-refractivity contribution is 0.0733. The van der Waals surface area contributed by atoms with Crippen molar-refractivity contribution in [3.8, 4) is 11.5 Å². The van der Waals surface area contributed by atoms with Crippen molar-refractivity contribution in [1.82, 2.24) is 0 Å². The second kappa shape index (κ2) is 24.6. The molecule has 2 rings (SSSR count). The van der Waals surface area contributed by atoms with Crippen LogP contribution in [0.5, 0.6) is 11.5 Å². The van der Waals surface area contributed by atoms with Crippen LogP contribution in [-0.2, 0) is 0 Å². The predicted octanol–water partition coefficient (Wildman–Crippen LogP) is 10.9. The van der Waals surface area contributed by atoms with Crippen LogP contribution in [0.4, 0.5) is 5.69 Å². The van der Waals surface area contributed by atoms with Gasteiger partial charge in [-0.1, -0.05) is 129 Å². The van der Waals surface area contributed by atoms with Gasteiger partial charge in [0.05, 0.1) is 12.2 Å². The van der Waals surface area contributed by atoms with Gasteiger partial charge in [0.25, 0.3) is 0 Å². The molecule has 2 aromatic rings. The number of hydrogen-bond donors (Lipinski definition) is 1. The molecule has 0 atom stereocenters. The molecule has 5 nitrogen and oxygen atoms in total. The van der Waals surface area contributed by atoms with Crippen LogP contribution in [-0.4, -0.2) is 19.1 Å². The first-order valence-corrected chi connectivity index (χ1v) is 17.5. The largest absolute Gasteiger partial charge is 0.494 e. The zero-order chi connectivity index (χ0) is 30.8. The maximum Gasteiger partial charge on any atom is 0.343 e. The number of hydrogen-bond acceptors (Lipinski definition) is 5. The molecule has 0 bridgehead atoms. The standard InChI is InChI=1S/C38H59NO4/c1-3-5-7-9-11-13-14-15-16-17-19-21-31-39-34-25-29-36(40)37(30-26-34)43-38(41)33-23-27-35(28-24-33)42-32-22-20-18-12-10-8-6-4-2/h23-30,39H,3-22,31-32H2,1-2H3. The van der Waals surface area contributed by atoms with Crippen LogP contribution in [0.1, 0.15) is 153 Å².